The summed E-state index contributed by atoms with van der Waals surface area (Å²) in [6, 6.07) is 14.6. The van der Waals surface area contributed by atoms with Crippen LogP contribution in [0.4, 0.5) is 11.4 Å². The van der Waals surface area contributed by atoms with Gasteiger partial charge < -0.3 is 20.7 Å². The summed E-state index contributed by atoms with van der Waals surface area (Å²) in [5.74, 6) is 0.446. The number of unbranched alkanes of at least 4 members (excludes halogenated alkanes) is 1. The monoisotopic (exact) mass is 397 g/mol. The first kappa shape index (κ1) is 22.3. The maximum Gasteiger partial charge on any atom is 0.251 e. The molecule has 0 aliphatic heterocycles. The second-order valence-electron chi connectivity index (χ2n) is 7.00. The average Bonchev–Trinajstić information content (AvgIpc) is 2.73. The molecule has 0 saturated heterocycles. The minimum Gasteiger partial charge on any atom is -0.494 e. The van der Waals surface area contributed by atoms with Crippen LogP contribution < -0.4 is 20.7 Å². The number of nitrogens with one attached hydrogen (secondary N) is 3. The number of carbonyl (C=O) groups is 2. The third kappa shape index (κ3) is 7.86. The van der Waals surface area contributed by atoms with E-state index in [-0.39, 0.29) is 24.4 Å². The van der Waals surface area contributed by atoms with Gasteiger partial charge in [-0.2, -0.15) is 0 Å². The summed E-state index contributed by atoms with van der Waals surface area (Å²) in [4.78, 5) is 24.5. The van der Waals surface area contributed by atoms with Crippen LogP contribution in [-0.4, -0.2) is 31.0 Å². The van der Waals surface area contributed by atoms with Gasteiger partial charge in [0.1, 0.15) is 5.75 Å². The standard InChI is InChI=1S/C23H31N3O3/c1-4-6-13-29-21-12-8-11-20(15-21)26-22(27)16-24-19-10-7-9-18(14-19)23(28)25-17(3)5-2/h7-12,14-15,17,24H,4-6,13,16H2,1-3H3,(H,25,28)(H,26,27). The van der Waals surface area contributed by atoms with Gasteiger partial charge in [0.15, 0.2) is 0 Å². The Morgan fingerprint density at radius 1 is 1.03 bits per heavy atom. The highest BCUT2D eigenvalue weighted by Gasteiger charge is 2.09. The normalized spacial score (nSPS) is 11.4. The minimum atomic E-state index is -0.176. The Morgan fingerprint density at radius 2 is 1.79 bits per heavy atom. The van der Waals surface area contributed by atoms with Crippen molar-refractivity contribution in [1.29, 1.82) is 0 Å². The summed E-state index contributed by atoms with van der Waals surface area (Å²) < 4.78 is 5.66. The molecule has 2 amide bonds. The molecule has 2 rings (SSSR count). The van der Waals surface area contributed by atoms with Gasteiger partial charge in [-0.05, 0) is 50.1 Å². The van der Waals surface area contributed by atoms with E-state index in [4.69, 9.17) is 4.74 Å². The van der Waals surface area contributed by atoms with Crippen LogP contribution in [0.15, 0.2) is 48.5 Å². The van der Waals surface area contributed by atoms with Gasteiger partial charge in [-0.3, -0.25) is 9.59 Å². The summed E-state index contributed by atoms with van der Waals surface area (Å²) in [5, 5.41) is 8.85. The molecule has 0 aliphatic carbocycles. The second kappa shape index (κ2) is 11.7. The number of rotatable bonds is 11. The van der Waals surface area contributed by atoms with Gasteiger partial charge in [-0.1, -0.05) is 32.4 Å². The Balaban J connectivity index is 1.87. The highest BCUT2D eigenvalue weighted by molar-refractivity contribution is 5.96. The highest BCUT2D eigenvalue weighted by Crippen LogP contribution is 2.18. The molecule has 0 saturated carbocycles. The van der Waals surface area contributed by atoms with E-state index in [9.17, 15) is 9.59 Å². The van der Waals surface area contributed by atoms with Crippen molar-refractivity contribution in [2.75, 3.05) is 23.8 Å². The van der Waals surface area contributed by atoms with Crippen LogP contribution >= 0.6 is 0 Å². The Labute approximate surface area is 173 Å². The number of amides is 2. The summed E-state index contributed by atoms with van der Waals surface area (Å²) in [6.07, 6.45) is 2.94. The molecular weight excluding hydrogens is 366 g/mol. The molecule has 29 heavy (non-hydrogen) atoms. The smallest absolute Gasteiger partial charge is 0.251 e. The molecule has 1 unspecified atom stereocenters. The molecular formula is C23H31N3O3. The van der Waals surface area contributed by atoms with Gasteiger partial charge in [0.05, 0.1) is 13.2 Å². The molecule has 2 aromatic rings. The quantitative estimate of drug-likeness (QED) is 0.490. The minimum absolute atomic E-state index is 0.0946. The van der Waals surface area contributed by atoms with Crippen molar-refractivity contribution in [2.45, 2.75) is 46.1 Å². The molecule has 0 aliphatic rings. The van der Waals surface area contributed by atoms with Gasteiger partial charge in [0.25, 0.3) is 5.91 Å². The lowest BCUT2D eigenvalue weighted by Crippen LogP contribution is -2.31. The van der Waals surface area contributed by atoms with E-state index in [1.165, 1.54) is 0 Å². The van der Waals surface area contributed by atoms with Crippen LogP contribution in [0.2, 0.25) is 0 Å². The SMILES string of the molecule is CCCCOc1cccc(NC(=O)CNc2cccc(C(=O)NC(C)CC)c2)c1. The molecule has 6 heteroatoms. The van der Waals surface area contributed by atoms with Crippen LogP contribution in [-0.2, 0) is 4.79 Å². The third-order valence-electron chi connectivity index (χ3n) is 4.45. The van der Waals surface area contributed by atoms with E-state index in [2.05, 4.69) is 22.9 Å². The number of hydrogen-bond acceptors (Lipinski definition) is 4. The average molecular weight is 398 g/mol. The molecule has 0 spiro atoms. The molecule has 0 heterocycles. The van der Waals surface area contributed by atoms with Crippen LogP contribution in [0, 0.1) is 0 Å². The Kier molecular flexibility index (Phi) is 9.02. The van der Waals surface area contributed by atoms with Crippen LogP contribution in [0.25, 0.3) is 0 Å². The van der Waals surface area contributed by atoms with Gasteiger partial charge in [0, 0.05) is 29.0 Å². The van der Waals surface area contributed by atoms with Crippen molar-refractivity contribution in [3.05, 3.63) is 54.1 Å². The predicted molar refractivity (Wildman–Crippen MR) is 118 cm³/mol. The molecule has 0 bridgehead atoms. The van der Waals surface area contributed by atoms with E-state index in [0.29, 0.717) is 23.5 Å². The lowest BCUT2D eigenvalue weighted by atomic mass is 10.1. The Hall–Kier alpha value is -3.02. The highest BCUT2D eigenvalue weighted by atomic mass is 16.5. The Morgan fingerprint density at radius 3 is 2.55 bits per heavy atom. The fraction of sp³-hybridized carbons (Fsp3) is 0.391. The molecule has 156 valence electrons. The molecule has 0 radical (unpaired) electrons. The van der Waals surface area contributed by atoms with Crippen molar-refractivity contribution in [1.82, 2.24) is 5.32 Å². The lowest BCUT2D eigenvalue weighted by Gasteiger charge is -2.13. The van der Waals surface area contributed by atoms with E-state index in [1.54, 1.807) is 18.2 Å². The molecule has 6 nitrogen and oxygen atoms in total. The largest absolute Gasteiger partial charge is 0.494 e. The van der Waals surface area contributed by atoms with Crippen LogP contribution in [0.1, 0.15) is 50.4 Å². The molecule has 0 aromatic heterocycles. The van der Waals surface area contributed by atoms with Gasteiger partial charge in [-0.25, -0.2) is 0 Å². The molecule has 2 aromatic carbocycles. The number of ether oxygens (including phenoxy) is 1. The fourth-order valence-corrected chi connectivity index (χ4v) is 2.57. The molecule has 0 fully saturated rings. The summed E-state index contributed by atoms with van der Waals surface area (Å²) >= 11 is 0. The van der Waals surface area contributed by atoms with E-state index < -0.39 is 0 Å². The van der Waals surface area contributed by atoms with E-state index in [0.717, 1.165) is 25.0 Å². The van der Waals surface area contributed by atoms with Crippen molar-refractivity contribution in [3.8, 4) is 5.75 Å². The summed E-state index contributed by atoms with van der Waals surface area (Å²) in [5.41, 5.74) is 1.97. The first-order valence-corrected chi connectivity index (χ1v) is 10.2. The van der Waals surface area contributed by atoms with Crippen molar-refractivity contribution in [2.24, 2.45) is 0 Å². The number of hydrogen-bond donors (Lipinski definition) is 3. The third-order valence-corrected chi connectivity index (χ3v) is 4.45. The second-order valence-corrected chi connectivity index (χ2v) is 7.00. The first-order chi connectivity index (χ1) is 14.0. The van der Waals surface area contributed by atoms with E-state index >= 15 is 0 Å². The first-order valence-electron chi connectivity index (χ1n) is 10.2. The van der Waals surface area contributed by atoms with Crippen molar-refractivity contribution >= 4 is 23.2 Å². The molecule has 3 N–H and O–H groups in total. The zero-order chi connectivity index (χ0) is 21.1. The zero-order valence-corrected chi connectivity index (χ0v) is 17.5. The number of carbonyl (C=O) groups excluding carboxylic acids is 2. The van der Waals surface area contributed by atoms with Crippen LogP contribution in [0.5, 0.6) is 5.75 Å². The summed E-state index contributed by atoms with van der Waals surface area (Å²) in [6.45, 7) is 6.86. The molecule has 1 atom stereocenters. The zero-order valence-electron chi connectivity index (χ0n) is 17.5. The van der Waals surface area contributed by atoms with Gasteiger partial charge in [0.2, 0.25) is 5.91 Å². The number of benzene rings is 2. The van der Waals surface area contributed by atoms with Crippen LogP contribution in [0.3, 0.4) is 0 Å². The van der Waals surface area contributed by atoms with Gasteiger partial charge >= 0.3 is 0 Å². The lowest BCUT2D eigenvalue weighted by molar-refractivity contribution is -0.114. The number of anilines is 2. The maximum absolute atomic E-state index is 12.3. The van der Waals surface area contributed by atoms with Crippen molar-refractivity contribution in [3.63, 3.8) is 0 Å². The Bertz CT molecular complexity index is 807. The maximum atomic E-state index is 12.3. The topological polar surface area (TPSA) is 79.5 Å². The summed E-state index contributed by atoms with van der Waals surface area (Å²) in [7, 11) is 0. The van der Waals surface area contributed by atoms with E-state index in [1.807, 2.05) is 44.2 Å². The van der Waals surface area contributed by atoms with Crippen molar-refractivity contribution < 1.29 is 14.3 Å². The fourth-order valence-electron chi connectivity index (χ4n) is 2.57. The van der Waals surface area contributed by atoms with Gasteiger partial charge in [-0.15, -0.1) is 0 Å². The predicted octanol–water partition coefficient (Wildman–Crippen LogP) is 4.44.